The minimum atomic E-state index is 1.19. The van der Waals surface area contributed by atoms with Crippen molar-refractivity contribution in [3.63, 3.8) is 0 Å². The maximum atomic E-state index is 2.29. The first-order valence-electron chi connectivity index (χ1n) is 5.99. The molecule has 0 spiro atoms. The van der Waals surface area contributed by atoms with Gasteiger partial charge in [0.25, 0.3) is 0 Å². The number of benzene rings is 1. The summed E-state index contributed by atoms with van der Waals surface area (Å²) >= 11 is 0. The Hall–Kier alpha value is -1.34. The number of nitrogens with one attached hydrogen (secondary N) is 1. The molecule has 1 unspecified atom stereocenters. The lowest BCUT2D eigenvalue weighted by Gasteiger charge is -2.21. The van der Waals surface area contributed by atoms with E-state index in [1.165, 1.54) is 36.2 Å². The molecule has 1 atom stereocenters. The van der Waals surface area contributed by atoms with E-state index in [0.717, 1.165) is 0 Å². The normalized spacial score (nSPS) is 21.8. The van der Waals surface area contributed by atoms with E-state index in [2.05, 4.69) is 56.5 Å². The fraction of sp³-hybridized carbons (Fsp3) is 0.333. The van der Waals surface area contributed by atoms with Crippen molar-refractivity contribution in [1.82, 2.24) is 0 Å². The van der Waals surface area contributed by atoms with E-state index < -0.39 is 0 Å². The largest absolute Gasteiger partial charge is 0.334 e. The molecule has 0 fully saturated rings. The molecule has 1 aliphatic rings. The van der Waals surface area contributed by atoms with Crippen molar-refractivity contribution >= 4 is 6.08 Å². The zero-order valence-corrected chi connectivity index (χ0v) is 10.2. The third-order valence-corrected chi connectivity index (χ3v) is 3.21. The Morgan fingerprint density at radius 2 is 1.88 bits per heavy atom. The van der Waals surface area contributed by atoms with E-state index in [4.69, 9.17) is 0 Å². The molecule has 1 N–H and O–H groups in total. The van der Waals surface area contributed by atoms with Crippen LogP contribution in [0.3, 0.4) is 0 Å². The zero-order chi connectivity index (χ0) is 11.4. The lowest BCUT2D eigenvalue weighted by molar-refractivity contribution is -0.876. The van der Waals surface area contributed by atoms with Gasteiger partial charge in [0, 0.05) is 6.42 Å². The van der Waals surface area contributed by atoms with Crippen LogP contribution in [0.1, 0.15) is 18.9 Å². The third-order valence-electron chi connectivity index (χ3n) is 3.21. The highest BCUT2D eigenvalue weighted by atomic mass is 15.1. The van der Waals surface area contributed by atoms with Crippen molar-refractivity contribution in [2.24, 2.45) is 0 Å². The first-order chi connectivity index (χ1) is 7.75. The molecule has 0 aliphatic carbocycles. The highest BCUT2D eigenvalue weighted by Gasteiger charge is 2.13. The molecule has 1 aromatic rings. The summed E-state index contributed by atoms with van der Waals surface area (Å²) in [7, 11) is 2.27. The van der Waals surface area contributed by atoms with Gasteiger partial charge in [0.1, 0.15) is 0 Å². The quantitative estimate of drug-likeness (QED) is 0.767. The smallest absolute Gasteiger partial charge is 0.0988 e. The van der Waals surface area contributed by atoms with Crippen LogP contribution in [0, 0.1) is 0 Å². The van der Waals surface area contributed by atoms with Gasteiger partial charge in [-0.1, -0.05) is 42.5 Å². The molecule has 1 aliphatic heterocycles. The summed E-state index contributed by atoms with van der Waals surface area (Å²) < 4.78 is 0. The van der Waals surface area contributed by atoms with Crippen molar-refractivity contribution < 1.29 is 4.90 Å². The Balaban J connectivity index is 2.10. The van der Waals surface area contributed by atoms with E-state index in [0.29, 0.717) is 0 Å². The van der Waals surface area contributed by atoms with Crippen molar-refractivity contribution in [3.8, 4) is 0 Å². The Bertz CT molecular complexity index is 401. The van der Waals surface area contributed by atoms with Crippen LogP contribution in [-0.2, 0) is 0 Å². The van der Waals surface area contributed by atoms with Gasteiger partial charge in [-0.15, -0.1) is 0 Å². The number of quaternary nitrogens is 1. The van der Waals surface area contributed by atoms with Gasteiger partial charge in [0.05, 0.1) is 20.1 Å². The summed E-state index contributed by atoms with van der Waals surface area (Å²) in [6.07, 6.45) is 5.72. The van der Waals surface area contributed by atoms with Gasteiger partial charge in [0.15, 0.2) is 0 Å². The predicted octanol–water partition coefficient (Wildman–Crippen LogP) is 1.93. The molecule has 2 rings (SSSR count). The molecule has 1 nitrogen and oxygen atoms in total. The van der Waals surface area contributed by atoms with Gasteiger partial charge < -0.3 is 4.90 Å². The molecule has 0 amide bonds. The zero-order valence-electron chi connectivity index (χ0n) is 10.2. The Labute approximate surface area is 98.1 Å². The fourth-order valence-corrected chi connectivity index (χ4v) is 2.20. The second-order valence-electron chi connectivity index (χ2n) is 4.68. The molecule has 16 heavy (non-hydrogen) atoms. The molecule has 1 heteroatoms. The lowest BCUT2D eigenvalue weighted by atomic mass is 10.0. The van der Waals surface area contributed by atoms with Crippen LogP contribution in [0.4, 0.5) is 0 Å². The average molecular weight is 214 g/mol. The Morgan fingerprint density at radius 3 is 2.56 bits per heavy atom. The molecule has 1 heterocycles. The van der Waals surface area contributed by atoms with Gasteiger partial charge >= 0.3 is 0 Å². The summed E-state index contributed by atoms with van der Waals surface area (Å²) in [5.74, 6) is 0. The Morgan fingerprint density at radius 1 is 1.12 bits per heavy atom. The molecule has 84 valence electrons. The molecule has 1 aromatic carbocycles. The summed E-state index contributed by atoms with van der Waals surface area (Å²) in [6, 6.07) is 10.5. The van der Waals surface area contributed by atoms with Gasteiger partial charge in [0.2, 0.25) is 0 Å². The van der Waals surface area contributed by atoms with Gasteiger partial charge in [-0.25, -0.2) is 0 Å². The minimum absolute atomic E-state index is 1.19. The molecular formula is C15H20N+. The van der Waals surface area contributed by atoms with Gasteiger partial charge in [-0.3, -0.25) is 0 Å². The molecule has 0 bridgehead atoms. The van der Waals surface area contributed by atoms with Crippen LogP contribution in [-0.4, -0.2) is 20.1 Å². The van der Waals surface area contributed by atoms with E-state index in [9.17, 15) is 0 Å². The molecule has 0 aromatic heterocycles. The average Bonchev–Trinajstić information content (AvgIpc) is 2.29. The van der Waals surface area contributed by atoms with Crippen LogP contribution in [0.25, 0.3) is 6.08 Å². The fourth-order valence-electron chi connectivity index (χ4n) is 2.20. The Kier molecular flexibility index (Phi) is 3.58. The number of hydrogen-bond donors (Lipinski definition) is 1. The van der Waals surface area contributed by atoms with Crippen LogP contribution < -0.4 is 4.90 Å². The van der Waals surface area contributed by atoms with Gasteiger partial charge in [-0.2, -0.15) is 0 Å². The van der Waals surface area contributed by atoms with Crippen molar-refractivity contribution in [1.29, 1.82) is 0 Å². The molecule has 0 saturated heterocycles. The molecule has 0 radical (unpaired) electrons. The van der Waals surface area contributed by atoms with E-state index in [-0.39, 0.29) is 0 Å². The summed E-state index contributed by atoms with van der Waals surface area (Å²) in [5, 5.41) is 0. The van der Waals surface area contributed by atoms with Crippen LogP contribution in [0.2, 0.25) is 0 Å². The second kappa shape index (κ2) is 5.13. The lowest BCUT2D eigenvalue weighted by Crippen LogP contribution is -3.09. The topological polar surface area (TPSA) is 4.44 Å². The van der Waals surface area contributed by atoms with Crippen LogP contribution in [0.5, 0.6) is 0 Å². The number of allylic oxidation sites excluding steroid dienone is 1. The van der Waals surface area contributed by atoms with Crippen LogP contribution in [0.15, 0.2) is 47.6 Å². The van der Waals surface area contributed by atoms with Crippen molar-refractivity contribution in [2.45, 2.75) is 13.3 Å². The molecular weight excluding hydrogens is 194 g/mol. The maximum Gasteiger partial charge on any atom is 0.0988 e. The highest BCUT2D eigenvalue weighted by molar-refractivity contribution is 5.53. The number of likely N-dealkylation sites (N-methyl/N-ethyl adjacent to an activating group) is 1. The number of hydrogen-bond acceptors (Lipinski definition) is 0. The van der Waals surface area contributed by atoms with E-state index in [1.807, 2.05) is 0 Å². The first kappa shape index (κ1) is 11.2. The van der Waals surface area contributed by atoms with Crippen molar-refractivity contribution in [3.05, 3.63) is 53.1 Å². The molecule has 0 saturated carbocycles. The summed E-state index contributed by atoms with van der Waals surface area (Å²) in [4.78, 5) is 1.62. The van der Waals surface area contributed by atoms with Gasteiger partial charge in [-0.05, 0) is 23.6 Å². The SMILES string of the molecule is CC1=C(/C=C/c2ccccc2)CC[NH+](C)C1. The van der Waals surface area contributed by atoms with Crippen LogP contribution >= 0.6 is 0 Å². The maximum absolute atomic E-state index is 2.29. The van der Waals surface area contributed by atoms with Crippen molar-refractivity contribution in [2.75, 3.05) is 20.1 Å². The summed E-state index contributed by atoms with van der Waals surface area (Å²) in [6.45, 7) is 4.70. The predicted molar refractivity (Wildman–Crippen MR) is 69.4 cm³/mol. The van der Waals surface area contributed by atoms with E-state index >= 15 is 0 Å². The number of rotatable bonds is 2. The van der Waals surface area contributed by atoms with E-state index in [1.54, 1.807) is 4.90 Å². The summed E-state index contributed by atoms with van der Waals surface area (Å²) in [5.41, 5.74) is 4.35. The second-order valence-corrected chi connectivity index (χ2v) is 4.68. The highest BCUT2D eigenvalue weighted by Crippen LogP contribution is 2.13. The minimum Gasteiger partial charge on any atom is -0.334 e. The first-order valence-corrected chi connectivity index (χ1v) is 5.99. The monoisotopic (exact) mass is 214 g/mol. The third kappa shape index (κ3) is 2.83. The standard InChI is InChI=1S/C15H19N/c1-13-12-16(2)11-10-15(13)9-8-14-6-4-3-5-7-14/h3-9H,10-12H2,1-2H3/p+1/b9-8+.